The van der Waals surface area contributed by atoms with Crippen LogP contribution in [0.5, 0.6) is 11.5 Å². The lowest BCUT2D eigenvalue weighted by molar-refractivity contribution is -0.391. The van der Waals surface area contributed by atoms with E-state index >= 15 is 0 Å². The summed E-state index contributed by atoms with van der Waals surface area (Å²) in [6.45, 7) is 2.04. The molecule has 1 heterocycles. The molecule has 1 aromatic rings. The molecule has 0 spiro atoms. The highest BCUT2D eigenvalue weighted by Crippen LogP contribution is 2.49. The monoisotopic (exact) mass is 343 g/mol. The zero-order chi connectivity index (χ0) is 14.4. The quantitative estimate of drug-likeness (QED) is 0.836. The second-order valence-corrected chi connectivity index (χ2v) is 5.05. The van der Waals surface area contributed by atoms with Gasteiger partial charge in [-0.15, -0.1) is 0 Å². The van der Waals surface area contributed by atoms with Gasteiger partial charge in [0.1, 0.15) is 0 Å². The van der Waals surface area contributed by atoms with E-state index < -0.39 is 23.7 Å². The molecule has 8 heteroatoms. The second kappa shape index (κ2) is 4.52. The van der Waals surface area contributed by atoms with Gasteiger partial charge in [-0.25, -0.2) is 0 Å². The van der Waals surface area contributed by atoms with Crippen molar-refractivity contribution >= 4 is 15.9 Å². The number of halogens is 5. The van der Waals surface area contributed by atoms with Crippen LogP contribution in [0.2, 0.25) is 0 Å². The van der Waals surface area contributed by atoms with Gasteiger partial charge < -0.3 is 15.2 Å². The van der Waals surface area contributed by atoms with E-state index in [0.717, 1.165) is 0 Å². The average molecular weight is 344 g/mol. The molecule has 0 radical (unpaired) electrons. The Morgan fingerprint density at radius 3 is 2.11 bits per heavy atom. The van der Waals surface area contributed by atoms with Crippen LogP contribution in [0, 0.1) is 0 Å². The molecular formula is C11H10BrF4NO2. The van der Waals surface area contributed by atoms with Gasteiger partial charge in [0.25, 0.3) is 0 Å². The molecular weight excluding hydrogens is 334 g/mol. The summed E-state index contributed by atoms with van der Waals surface area (Å²) in [4.78, 5) is 0. The van der Waals surface area contributed by atoms with E-state index in [2.05, 4.69) is 25.4 Å². The second-order valence-electron chi connectivity index (χ2n) is 4.19. The Morgan fingerprint density at radius 2 is 1.63 bits per heavy atom. The van der Waals surface area contributed by atoms with Crippen LogP contribution < -0.4 is 15.2 Å². The largest absolute Gasteiger partial charge is 0.507 e. The molecule has 0 aliphatic carbocycles. The fourth-order valence-corrected chi connectivity index (χ4v) is 2.32. The third-order valence-corrected chi connectivity index (χ3v) is 3.45. The van der Waals surface area contributed by atoms with Gasteiger partial charge in [0, 0.05) is 4.47 Å². The summed E-state index contributed by atoms with van der Waals surface area (Å²) in [5.74, 6) is -1.04. The number of benzene rings is 1. The summed E-state index contributed by atoms with van der Waals surface area (Å²) >= 11 is 3.16. The van der Waals surface area contributed by atoms with Crippen molar-refractivity contribution in [1.29, 1.82) is 0 Å². The van der Waals surface area contributed by atoms with Crippen molar-refractivity contribution in [2.45, 2.75) is 25.1 Å². The van der Waals surface area contributed by atoms with Gasteiger partial charge in [-0.1, -0.05) is 22.9 Å². The number of hydrogen-bond acceptors (Lipinski definition) is 3. The molecule has 0 bridgehead atoms. The minimum atomic E-state index is -4.71. The van der Waals surface area contributed by atoms with Gasteiger partial charge >= 0.3 is 12.2 Å². The van der Waals surface area contributed by atoms with Gasteiger partial charge in [-0.2, -0.15) is 17.6 Å². The van der Waals surface area contributed by atoms with E-state index in [-0.39, 0.29) is 12.5 Å². The maximum atomic E-state index is 13.0. The van der Waals surface area contributed by atoms with Gasteiger partial charge in [-0.05, 0) is 30.2 Å². The standard InChI is InChI=1S/C11H10BrF4NO2/c1-5(4-17)6-2-8-9(3-7(6)12)19-11(15,16)10(13,14)18-8/h2-3,5H,4,17H2,1H3. The van der Waals surface area contributed by atoms with Crippen LogP contribution in [0.4, 0.5) is 17.6 Å². The Kier molecular flexibility index (Phi) is 3.42. The number of ether oxygens (including phenoxy) is 2. The van der Waals surface area contributed by atoms with E-state index in [1.165, 1.54) is 12.1 Å². The van der Waals surface area contributed by atoms with Crippen LogP contribution in [-0.2, 0) is 0 Å². The number of nitrogens with two attached hydrogens (primary N) is 1. The van der Waals surface area contributed by atoms with E-state index in [4.69, 9.17) is 5.73 Å². The van der Waals surface area contributed by atoms with Crippen molar-refractivity contribution in [2.75, 3.05) is 6.54 Å². The SMILES string of the molecule is CC(CN)c1cc2c(cc1Br)OC(F)(F)C(F)(F)O2. The number of hydrogen-bond donors (Lipinski definition) is 1. The lowest BCUT2D eigenvalue weighted by Gasteiger charge is -2.32. The lowest BCUT2D eigenvalue weighted by Crippen LogP contribution is -2.52. The Hall–Kier alpha value is -1.02. The number of alkyl halides is 4. The van der Waals surface area contributed by atoms with E-state index in [1.54, 1.807) is 6.92 Å². The molecule has 0 amide bonds. The van der Waals surface area contributed by atoms with Gasteiger partial charge in [0.05, 0.1) is 0 Å². The summed E-state index contributed by atoms with van der Waals surface area (Å²) in [5.41, 5.74) is 6.06. The van der Waals surface area contributed by atoms with Crippen molar-refractivity contribution in [1.82, 2.24) is 0 Å². The van der Waals surface area contributed by atoms with Crippen LogP contribution in [0.15, 0.2) is 16.6 Å². The molecule has 3 nitrogen and oxygen atoms in total. The van der Waals surface area contributed by atoms with Crippen LogP contribution in [0.25, 0.3) is 0 Å². The van der Waals surface area contributed by atoms with Crippen molar-refractivity contribution in [2.24, 2.45) is 5.73 Å². The summed E-state index contributed by atoms with van der Waals surface area (Å²) in [6, 6.07) is 2.39. The smallest absolute Gasteiger partial charge is 0.421 e. The summed E-state index contributed by atoms with van der Waals surface area (Å²) in [7, 11) is 0. The van der Waals surface area contributed by atoms with Crippen molar-refractivity contribution < 1.29 is 27.0 Å². The minimum Gasteiger partial charge on any atom is -0.421 e. The third kappa shape index (κ3) is 2.38. The van der Waals surface area contributed by atoms with Crippen molar-refractivity contribution in [3.05, 3.63) is 22.2 Å². The highest BCUT2D eigenvalue weighted by molar-refractivity contribution is 9.10. The highest BCUT2D eigenvalue weighted by atomic mass is 79.9. The molecule has 0 saturated carbocycles. The van der Waals surface area contributed by atoms with Crippen LogP contribution in [-0.4, -0.2) is 18.8 Å². The molecule has 2 rings (SSSR count). The lowest BCUT2D eigenvalue weighted by atomic mass is 10.0. The summed E-state index contributed by atoms with van der Waals surface area (Å²) in [5, 5.41) is 0. The highest BCUT2D eigenvalue weighted by Gasteiger charge is 2.66. The molecule has 0 saturated heterocycles. The fourth-order valence-electron chi connectivity index (χ4n) is 1.61. The van der Waals surface area contributed by atoms with Gasteiger partial charge in [0.15, 0.2) is 11.5 Å². The van der Waals surface area contributed by atoms with Crippen molar-refractivity contribution in [3.8, 4) is 11.5 Å². The Labute approximate surface area is 114 Å². The maximum Gasteiger partial charge on any atom is 0.507 e. The van der Waals surface area contributed by atoms with Crippen LogP contribution in [0.3, 0.4) is 0 Å². The zero-order valence-corrected chi connectivity index (χ0v) is 11.3. The molecule has 1 aliphatic heterocycles. The Bertz CT molecular complexity index is 510. The first-order valence-corrected chi connectivity index (χ1v) is 6.14. The van der Waals surface area contributed by atoms with Crippen LogP contribution in [0.1, 0.15) is 18.4 Å². The van der Waals surface area contributed by atoms with Crippen molar-refractivity contribution in [3.63, 3.8) is 0 Å². The predicted octanol–water partition coefficient (Wildman–Crippen LogP) is 3.47. The minimum absolute atomic E-state index is 0.153. The summed E-state index contributed by atoms with van der Waals surface area (Å²) in [6.07, 6.45) is -9.42. The zero-order valence-electron chi connectivity index (χ0n) is 9.72. The summed E-state index contributed by atoms with van der Waals surface area (Å²) < 4.78 is 60.6. The first-order valence-electron chi connectivity index (χ1n) is 5.35. The molecule has 106 valence electrons. The van der Waals surface area contributed by atoms with E-state index in [0.29, 0.717) is 10.0 Å². The number of rotatable bonds is 2. The normalized spacial score (nSPS) is 21.0. The third-order valence-electron chi connectivity index (χ3n) is 2.76. The van der Waals surface area contributed by atoms with Gasteiger partial charge in [-0.3, -0.25) is 0 Å². The molecule has 19 heavy (non-hydrogen) atoms. The topological polar surface area (TPSA) is 44.5 Å². The van der Waals surface area contributed by atoms with Crippen LogP contribution >= 0.6 is 15.9 Å². The predicted molar refractivity (Wildman–Crippen MR) is 62.8 cm³/mol. The molecule has 1 aromatic carbocycles. The molecule has 0 fully saturated rings. The average Bonchev–Trinajstić information content (AvgIpc) is 2.29. The molecule has 2 N–H and O–H groups in total. The van der Waals surface area contributed by atoms with E-state index in [1.807, 2.05) is 0 Å². The Morgan fingerprint density at radius 1 is 1.16 bits per heavy atom. The molecule has 0 aromatic heterocycles. The maximum absolute atomic E-state index is 13.0. The first kappa shape index (κ1) is 14.4. The molecule has 1 unspecified atom stereocenters. The first-order chi connectivity index (χ1) is 8.68. The Balaban J connectivity index is 2.48. The fraction of sp³-hybridized carbons (Fsp3) is 0.455. The molecule has 1 atom stereocenters. The number of fused-ring (bicyclic) bond motifs is 1. The molecule has 1 aliphatic rings. The van der Waals surface area contributed by atoms with Gasteiger partial charge in [0.2, 0.25) is 0 Å². The van der Waals surface area contributed by atoms with E-state index in [9.17, 15) is 17.6 Å².